The Morgan fingerprint density at radius 3 is 2.40 bits per heavy atom. The summed E-state index contributed by atoms with van der Waals surface area (Å²) >= 11 is 17.5. The number of hydrogen-bond donors (Lipinski definition) is 2. The first kappa shape index (κ1) is 15.4. The molecule has 5 nitrogen and oxygen atoms in total. The van der Waals surface area contributed by atoms with Gasteiger partial charge in [-0.2, -0.15) is 5.10 Å². The third kappa shape index (κ3) is 2.59. The van der Waals surface area contributed by atoms with E-state index in [-0.39, 0.29) is 26.8 Å². The summed E-state index contributed by atoms with van der Waals surface area (Å²) in [5.74, 6) is 0. The lowest BCUT2D eigenvalue weighted by Gasteiger charge is -2.22. The zero-order valence-electron chi connectivity index (χ0n) is 10.3. The molecule has 0 saturated heterocycles. The van der Waals surface area contributed by atoms with E-state index in [1.807, 2.05) is 6.92 Å². The average molecular weight is 349 g/mol. The van der Waals surface area contributed by atoms with Gasteiger partial charge >= 0.3 is 0 Å². The van der Waals surface area contributed by atoms with Crippen molar-refractivity contribution in [1.82, 2.24) is 0 Å². The molecule has 0 amide bonds. The molecule has 1 aliphatic heterocycles. The second kappa shape index (κ2) is 5.79. The number of nitrogens with two attached hydrogens (primary N) is 2. The molecule has 1 heterocycles. The number of hydrazone groups is 1. The fourth-order valence-corrected chi connectivity index (χ4v) is 3.24. The van der Waals surface area contributed by atoms with Crippen LogP contribution in [-0.2, 0) is 11.3 Å². The molecule has 0 saturated carbocycles. The zero-order chi connectivity index (χ0) is 15.0. The number of anilines is 1. The van der Waals surface area contributed by atoms with Crippen LogP contribution in [0.2, 0.25) is 10.0 Å². The number of benzene rings is 1. The van der Waals surface area contributed by atoms with Gasteiger partial charge in [0.2, 0.25) is 0 Å². The highest BCUT2D eigenvalue weighted by Crippen LogP contribution is 2.37. The molecule has 1 aromatic carbocycles. The van der Waals surface area contributed by atoms with E-state index < -0.39 is 6.17 Å². The fourth-order valence-electron chi connectivity index (χ4n) is 1.83. The predicted octanol–water partition coefficient (Wildman–Crippen LogP) is 1.43. The van der Waals surface area contributed by atoms with Gasteiger partial charge in [-0.1, -0.05) is 35.4 Å². The van der Waals surface area contributed by atoms with Gasteiger partial charge in [0, 0.05) is 0 Å². The largest absolute Gasteiger partial charge is 0.388 e. The number of thiocarbonyl (C=S) groups is 1. The van der Waals surface area contributed by atoms with E-state index in [2.05, 4.69) is 5.10 Å². The highest BCUT2D eigenvalue weighted by molar-refractivity contribution is 7.83. The Morgan fingerprint density at radius 2 is 2.00 bits per heavy atom. The quantitative estimate of drug-likeness (QED) is 0.789. The lowest BCUT2D eigenvalue weighted by atomic mass is 10.2. The Balaban J connectivity index is 2.60. The minimum atomic E-state index is -0.813. The summed E-state index contributed by atoms with van der Waals surface area (Å²) in [6, 6.07) is 3.46. The summed E-state index contributed by atoms with van der Waals surface area (Å²) < 4.78 is 11.2. The van der Waals surface area contributed by atoms with Gasteiger partial charge in [0.05, 0.1) is 27.0 Å². The van der Waals surface area contributed by atoms with Crippen LogP contribution in [0.1, 0.15) is 5.56 Å². The van der Waals surface area contributed by atoms with Crippen molar-refractivity contribution < 1.29 is 4.21 Å². The molecular formula is C11H10Cl2N4OS2. The van der Waals surface area contributed by atoms with Crippen molar-refractivity contribution in [2.45, 2.75) is 13.1 Å². The van der Waals surface area contributed by atoms with Crippen LogP contribution in [0, 0.1) is 6.92 Å². The molecule has 2 rings (SSSR count). The maximum atomic E-state index is 11.2. The summed E-state index contributed by atoms with van der Waals surface area (Å²) in [5.41, 5.74) is 13.1. The Bertz CT molecular complexity index is 662. The second-order valence-electron chi connectivity index (χ2n) is 4.13. The van der Waals surface area contributed by atoms with Crippen molar-refractivity contribution in [2.24, 2.45) is 16.6 Å². The van der Waals surface area contributed by atoms with Crippen LogP contribution >= 0.6 is 35.4 Å². The molecule has 4 N–H and O–H groups in total. The standard InChI is InChI=1S/C11H10Cl2N4OS2/c1-4-2-5(12)8(6(13)3-4)17-10(14)9(20-18)7(16-17)11(15)19/h2-3,10H,14H2,1H3,(H2,15,19). The van der Waals surface area contributed by atoms with Gasteiger partial charge in [-0.3, -0.25) is 0 Å². The van der Waals surface area contributed by atoms with Gasteiger partial charge in [0.15, 0.2) is 0 Å². The van der Waals surface area contributed by atoms with Crippen LogP contribution in [0.25, 0.3) is 0 Å². The van der Waals surface area contributed by atoms with Crippen molar-refractivity contribution >= 4 is 67.9 Å². The minimum Gasteiger partial charge on any atom is -0.388 e. The van der Waals surface area contributed by atoms with E-state index in [1.165, 1.54) is 5.01 Å². The van der Waals surface area contributed by atoms with Gasteiger partial charge < -0.3 is 11.5 Å². The van der Waals surface area contributed by atoms with E-state index in [4.69, 9.17) is 46.9 Å². The molecule has 106 valence electrons. The van der Waals surface area contributed by atoms with Crippen molar-refractivity contribution in [3.05, 3.63) is 27.7 Å². The zero-order valence-corrected chi connectivity index (χ0v) is 13.4. The number of halogens is 2. The molecular weight excluding hydrogens is 339 g/mol. The second-order valence-corrected chi connectivity index (χ2v) is 5.99. The lowest BCUT2D eigenvalue weighted by molar-refractivity contribution is 0.700. The topological polar surface area (TPSA) is 84.7 Å². The van der Waals surface area contributed by atoms with Gasteiger partial charge in [-0.25, -0.2) is 9.22 Å². The van der Waals surface area contributed by atoms with E-state index >= 15 is 0 Å². The van der Waals surface area contributed by atoms with Crippen molar-refractivity contribution in [1.29, 1.82) is 0 Å². The maximum absolute atomic E-state index is 11.2. The van der Waals surface area contributed by atoms with Crippen molar-refractivity contribution in [2.75, 3.05) is 5.01 Å². The van der Waals surface area contributed by atoms with Gasteiger partial charge in [0.1, 0.15) is 21.7 Å². The molecule has 0 radical (unpaired) electrons. The highest BCUT2D eigenvalue weighted by Gasteiger charge is 2.34. The van der Waals surface area contributed by atoms with Crippen LogP contribution in [0.4, 0.5) is 5.69 Å². The third-order valence-corrected chi connectivity index (χ3v) is 4.07. The SMILES string of the molecule is Cc1cc(Cl)c(N2N=C(C(N)=S)C(=S=O)C2N)c(Cl)c1. The number of aryl methyl sites for hydroxylation is 1. The van der Waals surface area contributed by atoms with Crippen molar-refractivity contribution in [3.8, 4) is 0 Å². The molecule has 0 aliphatic carbocycles. The Morgan fingerprint density at radius 1 is 1.45 bits per heavy atom. The molecule has 1 aromatic rings. The maximum Gasteiger partial charge on any atom is 0.140 e. The Labute approximate surface area is 134 Å². The minimum absolute atomic E-state index is 0.000608. The molecule has 1 aliphatic rings. The van der Waals surface area contributed by atoms with Crippen LogP contribution in [0.3, 0.4) is 0 Å². The van der Waals surface area contributed by atoms with E-state index in [1.54, 1.807) is 12.1 Å². The number of nitrogens with zero attached hydrogens (tertiary/aromatic N) is 2. The van der Waals surface area contributed by atoms with E-state index in [0.29, 0.717) is 15.7 Å². The third-order valence-electron chi connectivity index (χ3n) is 2.69. The van der Waals surface area contributed by atoms with E-state index in [0.717, 1.165) is 5.56 Å². The molecule has 0 bridgehead atoms. The van der Waals surface area contributed by atoms with Crippen LogP contribution in [0.5, 0.6) is 0 Å². The summed E-state index contributed by atoms with van der Waals surface area (Å²) in [5, 5.41) is 6.30. The fraction of sp³-hybridized carbons (Fsp3) is 0.182. The van der Waals surface area contributed by atoms with Gasteiger partial charge in [0.25, 0.3) is 0 Å². The Kier molecular flexibility index (Phi) is 4.46. The average Bonchev–Trinajstić information content (AvgIpc) is 2.65. The summed E-state index contributed by atoms with van der Waals surface area (Å²) in [6.07, 6.45) is -0.813. The highest BCUT2D eigenvalue weighted by atomic mass is 35.5. The summed E-state index contributed by atoms with van der Waals surface area (Å²) in [6.45, 7) is 1.86. The normalized spacial score (nSPS) is 18.2. The molecule has 9 heteroatoms. The van der Waals surface area contributed by atoms with Crippen molar-refractivity contribution in [3.63, 3.8) is 0 Å². The van der Waals surface area contributed by atoms with Gasteiger partial charge in [-0.05, 0) is 24.6 Å². The predicted molar refractivity (Wildman–Crippen MR) is 89.0 cm³/mol. The van der Waals surface area contributed by atoms with E-state index in [9.17, 15) is 4.21 Å². The molecule has 0 aromatic heterocycles. The molecule has 0 spiro atoms. The summed E-state index contributed by atoms with van der Waals surface area (Å²) in [7, 11) is 0. The summed E-state index contributed by atoms with van der Waals surface area (Å²) in [4.78, 5) is 0.242. The monoisotopic (exact) mass is 348 g/mol. The van der Waals surface area contributed by atoms with Gasteiger partial charge in [-0.15, -0.1) is 0 Å². The van der Waals surface area contributed by atoms with Crippen LogP contribution < -0.4 is 16.5 Å². The number of rotatable bonds is 2. The first-order chi connectivity index (χ1) is 9.36. The molecule has 1 atom stereocenters. The molecule has 20 heavy (non-hydrogen) atoms. The van der Waals surface area contributed by atoms with Crippen LogP contribution in [0.15, 0.2) is 17.2 Å². The lowest BCUT2D eigenvalue weighted by Crippen LogP contribution is -2.43. The first-order valence-corrected chi connectivity index (χ1v) is 7.33. The smallest absolute Gasteiger partial charge is 0.140 e. The first-order valence-electron chi connectivity index (χ1n) is 5.42. The van der Waals surface area contributed by atoms with Crippen LogP contribution in [-0.4, -0.2) is 25.9 Å². The molecule has 0 fully saturated rings. The molecule has 1 unspecified atom stereocenters. The Hall–Kier alpha value is -0.990. The number of hydrogen-bond acceptors (Lipinski definition) is 5.